The molecular weight excluding hydrogens is 192 g/mol. The Morgan fingerprint density at radius 1 is 1.14 bits per heavy atom. The Morgan fingerprint density at radius 3 is 1.71 bits per heavy atom. The first kappa shape index (κ1) is 16.4. The average Bonchev–Trinajstić information content (AvgIpc) is 2.03. The van der Waals surface area contributed by atoms with E-state index in [4.69, 9.17) is 0 Å². The summed E-state index contributed by atoms with van der Waals surface area (Å²) >= 11 is 1.91. The molecule has 0 unspecified atom stereocenters. The highest BCUT2D eigenvalue weighted by Crippen LogP contribution is 2.01. The van der Waals surface area contributed by atoms with Gasteiger partial charge in [0.25, 0.3) is 0 Å². The first-order valence-corrected chi connectivity index (χ1v) is 6.84. The largest absolute Gasteiger partial charge is 0.300 e. The van der Waals surface area contributed by atoms with Crippen LogP contribution in [0, 0.1) is 11.8 Å². The Bertz CT molecular complexity index is 130. The fourth-order valence-corrected chi connectivity index (χ4v) is 1.60. The summed E-state index contributed by atoms with van der Waals surface area (Å²) in [4.78, 5) is 10.6. The van der Waals surface area contributed by atoms with Crippen LogP contribution in [-0.4, -0.2) is 17.8 Å². The van der Waals surface area contributed by atoms with Crippen molar-refractivity contribution in [2.24, 2.45) is 11.8 Å². The molecule has 0 saturated carbocycles. The molecule has 86 valence electrons. The van der Waals surface area contributed by atoms with E-state index in [9.17, 15) is 4.79 Å². The molecule has 0 heterocycles. The van der Waals surface area contributed by atoms with Gasteiger partial charge in [0.05, 0.1) is 0 Å². The highest BCUT2D eigenvalue weighted by Gasteiger charge is 1.99. The molecule has 2 heteroatoms. The number of carbonyl (C=O) groups is 1. The minimum atomic E-state index is 0.375. The van der Waals surface area contributed by atoms with Gasteiger partial charge < -0.3 is 0 Å². The molecule has 0 amide bonds. The second-order valence-electron chi connectivity index (χ2n) is 4.34. The number of rotatable bonds is 5. The molecule has 0 aromatic heterocycles. The summed E-state index contributed by atoms with van der Waals surface area (Å²) in [6, 6.07) is 0. The molecule has 0 fully saturated rings. The van der Waals surface area contributed by atoms with Crippen LogP contribution in [0.2, 0.25) is 0 Å². The van der Waals surface area contributed by atoms with Crippen molar-refractivity contribution in [3.8, 4) is 0 Å². The maximum Gasteiger partial charge on any atom is 0.132 e. The standard InChI is InChI=1S/C7H14O.C5H12S/c1-4-7(8)5-6(2)3;1-5(2)4-6-3/h6H,4-5H2,1-3H3;5H,4H2,1-3H3. The lowest BCUT2D eigenvalue weighted by atomic mass is 10.1. The lowest BCUT2D eigenvalue weighted by molar-refractivity contribution is -0.119. The van der Waals surface area contributed by atoms with E-state index in [0.717, 1.165) is 12.3 Å². The van der Waals surface area contributed by atoms with Gasteiger partial charge in [0.2, 0.25) is 0 Å². The molecule has 0 aliphatic heterocycles. The molecule has 0 atom stereocenters. The molecule has 0 N–H and O–H groups in total. The molecule has 0 rings (SSSR count). The lowest BCUT2D eigenvalue weighted by Gasteiger charge is -1.98. The Labute approximate surface area is 94.0 Å². The van der Waals surface area contributed by atoms with E-state index in [1.165, 1.54) is 5.75 Å². The second kappa shape index (κ2) is 11.1. The molecule has 0 bridgehead atoms. The summed E-state index contributed by atoms with van der Waals surface area (Å²) < 4.78 is 0. The third-order valence-electron chi connectivity index (χ3n) is 1.53. The van der Waals surface area contributed by atoms with E-state index in [2.05, 4.69) is 34.0 Å². The summed E-state index contributed by atoms with van der Waals surface area (Å²) in [6.07, 6.45) is 3.58. The fourth-order valence-electron chi connectivity index (χ4n) is 0.933. The number of ketones is 1. The zero-order valence-corrected chi connectivity index (χ0v) is 11.4. The van der Waals surface area contributed by atoms with Gasteiger partial charge in [-0.3, -0.25) is 4.79 Å². The van der Waals surface area contributed by atoms with Crippen LogP contribution < -0.4 is 0 Å². The molecule has 0 saturated heterocycles. The highest BCUT2D eigenvalue weighted by molar-refractivity contribution is 7.98. The van der Waals surface area contributed by atoms with Crippen LogP contribution in [0.25, 0.3) is 0 Å². The monoisotopic (exact) mass is 218 g/mol. The van der Waals surface area contributed by atoms with Crippen LogP contribution in [0.15, 0.2) is 0 Å². The van der Waals surface area contributed by atoms with Crippen LogP contribution in [0.3, 0.4) is 0 Å². The maximum atomic E-state index is 10.6. The van der Waals surface area contributed by atoms with Gasteiger partial charge in [-0.1, -0.05) is 34.6 Å². The van der Waals surface area contributed by atoms with Gasteiger partial charge in [0, 0.05) is 12.8 Å². The fraction of sp³-hybridized carbons (Fsp3) is 0.917. The van der Waals surface area contributed by atoms with Crippen LogP contribution in [0.1, 0.15) is 47.5 Å². The third-order valence-corrected chi connectivity index (χ3v) is 2.53. The van der Waals surface area contributed by atoms with Gasteiger partial charge >= 0.3 is 0 Å². The zero-order valence-electron chi connectivity index (χ0n) is 10.6. The molecule has 0 aliphatic rings. The number of hydrogen-bond acceptors (Lipinski definition) is 2. The van der Waals surface area contributed by atoms with Crippen molar-refractivity contribution in [2.75, 3.05) is 12.0 Å². The number of thioether (sulfide) groups is 1. The summed E-state index contributed by atoms with van der Waals surface area (Å²) in [5.74, 6) is 3.06. The topological polar surface area (TPSA) is 17.1 Å². The summed E-state index contributed by atoms with van der Waals surface area (Å²) in [7, 11) is 0. The Hall–Kier alpha value is 0.0200. The minimum Gasteiger partial charge on any atom is -0.300 e. The van der Waals surface area contributed by atoms with E-state index < -0.39 is 0 Å². The number of hydrogen-bond donors (Lipinski definition) is 0. The van der Waals surface area contributed by atoms with Gasteiger partial charge in [-0.05, 0) is 23.8 Å². The van der Waals surface area contributed by atoms with Gasteiger partial charge in [-0.2, -0.15) is 11.8 Å². The van der Waals surface area contributed by atoms with E-state index in [-0.39, 0.29) is 0 Å². The maximum absolute atomic E-state index is 10.6. The van der Waals surface area contributed by atoms with Crippen molar-refractivity contribution in [1.29, 1.82) is 0 Å². The average molecular weight is 218 g/mol. The van der Waals surface area contributed by atoms with Crippen molar-refractivity contribution in [1.82, 2.24) is 0 Å². The quantitative estimate of drug-likeness (QED) is 0.693. The van der Waals surface area contributed by atoms with Crippen LogP contribution in [0.5, 0.6) is 0 Å². The lowest BCUT2D eigenvalue weighted by Crippen LogP contribution is -1.99. The first-order valence-electron chi connectivity index (χ1n) is 5.44. The van der Waals surface area contributed by atoms with Crippen LogP contribution in [-0.2, 0) is 4.79 Å². The Balaban J connectivity index is 0. The van der Waals surface area contributed by atoms with Gasteiger partial charge in [-0.15, -0.1) is 0 Å². The van der Waals surface area contributed by atoms with Crippen molar-refractivity contribution in [3.63, 3.8) is 0 Å². The van der Waals surface area contributed by atoms with Gasteiger partial charge in [-0.25, -0.2) is 0 Å². The molecule has 0 spiro atoms. The van der Waals surface area contributed by atoms with Crippen molar-refractivity contribution < 1.29 is 4.79 Å². The second-order valence-corrected chi connectivity index (χ2v) is 5.25. The molecule has 0 aromatic rings. The Morgan fingerprint density at radius 2 is 1.64 bits per heavy atom. The zero-order chi connectivity index (χ0) is 11.6. The Kier molecular flexibility index (Phi) is 13.0. The molecule has 0 aromatic carbocycles. The molecule has 0 aliphatic carbocycles. The van der Waals surface area contributed by atoms with E-state index in [1.807, 2.05) is 18.7 Å². The predicted molar refractivity (Wildman–Crippen MR) is 68.0 cm³/mol. The third kappa shape index (κ3) is 17.9. The number of Topliss-reactive ketones (excluding diaryl/α,β-unsaturated/α-hetero) is 1. The molecule has 1 nitrogen and oxygen atoms in total. The summed E-state index contributed by atoms with van der Waals surface area (Å²) in [5.41, 5.74) is 0. The molecule has 0 radical (unpaired) electrons. The normalized spacial score (nSPS) is 10.0. The van der Waals surface area contributed by atoms with Crippen molar-refractivity contribution in [2.45, 2.75) is 47.5 Å². The van der Waals surface area contributed by atoms with Crippen LogP contribution in [0.4, 0.5) is 0 Å². The van der Waals surface area contributed by atoms with E-state index >= 15 is 0 Å². The molecule has 14 heavy (non-hydrogen) atoms. The number of carbonyl (C=O) groups excluding carboxylic acids is 1. The minimum absolute atomic E-state index is 0.375. The van der Waals surface area contributed by atoms with Gasteiger partial charge in [0.15, 0.2) is 0 Å². The summed E-state index contributed by atoms with van der Waals surface area (Å²) in [5, 5.41) is 0. The molecular formula is C12H26OS. The highest BCUT2D eigenvalue weighted by atomic mass is 32.2. The predicted octanol–water partition coefficient (Wildman–Crippen LogP) is 4.02. The summed E-state index contributed by atoms with van der Waals surface area (Å²) in [6.45, 7) is 10.5. The first-order chi connectivity index (χ1) is 6.43. The smallest absolute Gasteiger partial charge is 0.132 e. The van der Waals surface area contributed by atoms with Crippen molar-refractivity contribution >= 4 is 17.5 Å². The van der Waals surface area contributed by atoms with Crippen LogP contribution >= 0.6 is 11.8 Å². The van der Waals surface area contributed by atoms with Crippen molar-refractivity contribution in [3.05, 3.63) is 0 Å². The van der Waals surface area contributed by atoms with E-state index in [1.54, 1.807) is 0 Å². The SMILES string of the molecule is CCC(=O)CC(C)C.CSCC(C)C. The van der Waals surface area contributed by atoms with E-state index in [0.29, 0.717) is 18.1 Å². The van der Waals surface area contributed by atoms with Gasteiger partial charge in [0.1, 0.15) is 5.78 Å².